The Bertz CT molecular complexity index is 844. The van der Waals surface area contributed by atoms with Crippen LogP contribution in [-0.2, 0) is 21.3 Å². The first-order valence-corrected chi connectivity index (χ1v) is 9.51. The van der Waals surface area contributed by atoms with Crippen molar-refractivity contribution in [2.75, 3.05) is 26.3 Å². The molecular weight excluding hydrogens is 340 g/mol. The lowest BCUT2D eigenvalue weighted by Crippen LogP contribution is -2.41. The summed E-state index contributed by atoms with van der Waals surface area (Å²) in [4.78, 5) is 0.144. The molecule has 0 bridgehead atoms. The Morgan fingerprint density at radius 3 is 2.40 bits per heavy atom. The van der Waals surface area contributed by atoms with Crippen molar-refractivity contribution < 1.29 is 17.9 Å². The lowest BCUT2D eigenvalue weighted by molar-refractivity contribution is -0.469. The highest BCUT2D eigenvalue weighted by Crippen LogP contribution is 2.20. The van der Waals surface area contributed by atoms with Gasteiger partial charge in [-0.1, -0.05) is 42.5 Å². The predicted octanol–water partition coefficient (Wildman–Crippen LogP) is 1.84. The number of nitrogens with zero attached hydrogens (tertiary/aromatic N) is 2. The van der Waals surface area contributed by atoms with Gasteiger partial charge >= 0.3 is 0 Å². The highest BCUT2D eigenvalue weighted by Gasteiger charge is 2.28. The number of ether oxygens (including phenoxy) is 1. The molecule has 1 aliphatic heterocycles. The molecule has 1 fully saturated rings. The molecule has 7 heteroatoms. The molecule has 0 unspecified atom stereocenters. The number of rotatable bonds is 5. The van der Waals surface area contributed by atoms with Crippen LogP contribution in [0.1, 0.15) is 11.1 Å². The second-order valence-electron chi connectivity index (χ2n) is 5.74. The van der Waals surface area contributed by atoms with Gasteiger partial charge in [0.05, 0.1) is 23.7 Å². The van der Waals surface area contributed by atoms with E-state index >= 15 is 0 Å². The summed E-state index contributed by atoms with van der Waals surface area (Å²) in [6, 6.07) is 15.9. The fourth-order valence-corrected chi connectivity index (χ4v) is 4.29. The molecule has 0 amide bonds. The first kappa shape index (κ1) is 17.6. The molecule has 0 saturated carbocycles. The van der Waals surface area contributed by atoms with Crippen LogP contribution in [0.25, 0.3) is 0 Å². The average Bonchev–Trinajstić information content (AvgIpc) is 2.63. The van der Waals surface area contributed by atoms with E-state index in [2.05, 4.69) is 0 Å². The zero-order chi connectivity index (χ0) is 17.7. The first-order chi connectivity index (χ1) is 12.1. The summed E-state index contributed by atoms with van der Waals surface area (Å²) in [6.45, 7) is 1.57. The minimum atomic E-state index is -3.65. The molecule has 6 nitrogen and oxygen atoms in total. The third kappa shape index (κ3) is 4.25. The quantitative estimate of drug-likeness (QED) is 0.353. The van der Waals surface area contributed by atoms with Crippen LogP contribution >= 0.6 is 0 Å². The second-order valence-corrected chi connectivity index (χ2v) is 7.65. The molecule has 0 radical (unpaired) electrons. The fraction of sp³-hybridized carbons (Fsp3) is 0.278. The number of sulfonamides is 1. The molecule has 2 aromatic rings. The van der Waals surface area contributed by atoms with Gasteiger partial charge < -0.3 is 9.94 Å². The van der Waals surface area contributed by atoms with Crippen LogP contribution < -0.4 is 0 Å². The Morgan fingerprint density at radius 1 is 1.04 bits per heavy atom. The zero-order valence-electron chi connectivity index (χ0n) is 13.7. The van der Waals surface area contributed by atoms with Crippen molar-refractivity contribution in [2.45, 2.75) is 11.4 Å². The van der Waals surface area contributed by atoms with Crippen LogP contribution in [-0.4, -0.2) is 50.0 Å². The van der Waals surface area contributed by atoms with Gasteiger partial charge in [0, 0.05) is 18.7 Å². The maximum absolute atomic E-state index is 12.9. The van der Waals surface area contributed by atoms with E-state index in [1.165, 1.54) is 16.6 Å². The fourth-order valence-electron chi connectivity index (χ4n) is 2.71. The number of hydrogen-bond acceptors (Lipinski definition) is 4. The highest BCUT2D eigenvalue weighted by molar-refractivity contribution is 7.89. The van der Waals surface area contributed by atoms with E-state index in [-0.39, 0.29) is 11.4 Å². The van der Waals surface area contributed by atoms with Crippen molar-refractivity contribution in [1.82, 2.24) is 4.31 Å². The maximum Gasteiger partial charge on any atom is 0.244 e. The summed E-state index contributed by atoms with van der Waals surface area (Å²) in [6.07, 6.45) is 1.33. The van der Waals surface area contributed by atoms with Gasteiger partial charge in [-0.05, 0) is 12.1 Å². The van der Waals surface area contributed by atoms with Crippen molar-refractivity contribution in [2.24, 2.45) is 0 Å². The molecule has 0 atom stereocenters. The Balaban J connectivity index is 1.89. The summed E-state index contributed by atoms with van der Waals surface area (Å²) in [5.74, 6) is 0. The van der Waals surface area contributed by atoms with Gasteiger partial charge in [0.25, 0.3) is 0 Å². The average molecular weight is 360 g/mol. The molecule has 1 saturated heterocycles. The zero-order valence-corrected chi connectivity index (χ0v) is 14.6. The van der Waals surface area contributed by atoms with Gasteiger partial charge in [-0.2, -0.15) is 4.31 Å². The van der Waals surface area contributed by atoms with Gasteiger partial charge in [-0.15, -0.1) is 0 Å². The molecule has 0 N–H and O–H groups in total. The molecule has 0 aliphatic carbocycles. The second kappa shape index (κ2) is 7.77. The van der Waals surface area contributed by atoms with E-state index in [1.54, 1.807) is 18.2 Å². The van der Waals surface area contributed by atoms with Gasteiger partial charge in [-0.3, -0.25) is 0 Å². The van der Waals surface area contributed by atoms with E-state index in [1.807, 2.05) is 30.3 Å². The minimum absolute atomic E-state index is 0.144. The van der Waals surface area contributed by atoms with Crippen LogP contribution in [0.4, 0.5) is 0 Å². The number of morpholine rings is 1. The SMILES string of the molecule is O=S(=O)(c1ccccc1/C=[N+](\[O-])Cc1ccccc1)N1CCOCC1. The van der Waals surface area contributed by atoms with Crippen LogP contribution in [0.5, 0.6) is 0 Å². The summed E-state index contributed by atoms with van der Waals surface area (Å²) < 4.78 is 33.1. The van der Waals surface area contributed by atoms with Crippen molar-refractivity contribution in [3.63, 3.8) is 0 Å². The molecule has 1 heterocycles. The van der Waals surface area contributed by atoms with Gasteiger partial charge in [0.15, 0.2) is 12.8 Å². The third-order valence-electron chi connectivity index (χ3n) is 3.97. The van der Waals surface area contributed by atoms with Crippen LogP contribution in [0.15, 0.2) is 59.5 Å². The van der Waals surface area contributed by atoms with Crippen molar-refractivity contribution in [3.05, 3.63) is 70.9 Å². The molecular formula is C18H20N2O4S. The molecule has 25 heavy (non-hydrogen) atoms. The maximum atomic E-state index is 12.9. The largest absolute Gasteiger partial charge is 0.624 e. The summed E-state index contributed by atoms with van der Waals surface area (Å²) in [5.41, 5.74) is 1.25. The summed E-state index contributed by atoms with van der Waals surface area (Å²) >= 11 is 0. The Kier molecular flexibility index (Phi) is 5.47. The Hall–Kier alpha value is -2.22. The lowest BCUT2D eigenvalue weighted by atomic mass is 10.2. The molecule has 3 rings (SSSR count). The minimum Gasteiger partial charge on any atom is -0.624 e. The first-order valence-electron chi connectivity index (χ1n) is 8.07. The third-order valence-corrected chi connectivity index (χ3v) is 5.94. The predicted molar refractivity (Wildman–Crippen MR) is 95.0 cm³/mol. The van der Waals surface area contributed by atoms with Gasteiger partial charge in [0.2, 0.25) is 10.0 Å². The van der Waals surface area contributed by atoms with Crippen LogP contribution in [0, 0.1) is 5.21 Å². The Morgan fingerprint density at radius 2 is 1.68 bits per heavy atom. The smallest absolute Gasteiger partial charge is 0.244 e. The normalized spacial score (nSPS) is 16.7. The van der Waals surface area contributed by atoms with Crippen molar-refractivity contribution in [3.8, 4) is 0 Å². The molecule has 132 valence electrons. The van der Waals surface area contributed by atoms with Crippen LogP contribution in [0.3, 0.4) is 0 Å². The van der Waals surface area contributed by atoms with Gasteiger partial charge in [0.1, 0.15) is 0 Å². The van der Waals surface area contributed by atoms with Gasteiger partial charge in [-0.25, -0.2) is 13.2 Å². The lowest BCUT2D eigenvalue weighted by Gasteiger charge is -2.26. The van der Waals surface area contributed by atoms with E-state index < -0.39 is 10.0 Å². The number of hydroxylamine groups is 1. The molecule has 1 aliphatic rings. The molecule has 0 aromatic heterocycles. The Labute approximate surface area is 147 Å². The highest BCUT2D eigenvalue weighted by atomic mass is 32.2. The molecule has 2 aromatic carbocycles. The molecule has 0 spiro atoms. The monoisotopic (exact) mass is 360 g/mol. The number of hydrogen-bond donors (Lipinski definition) is 0. The summed E-state index contributed by atoms with van der Waals surface area (Å²) in [7, 11) is -3.65. The summed E-state index contributed by atoms with van der Waals surface area (Å²) in [5, 5.41) is 12.3. The topological polar surface area (TPSA) is 72.7 Å². The van der Waals surface area contributed by atoms with E-state index in [9.17, 15) is 13.6 Å². The van der Waals surface area contributed by atoms with E-state index in [4.69, 9.17) is 4.74 Å². The standard InChI is InChI=1S/C18H20N2O4S/c21-19(14-16-6-2-1-3-7-16)15-17-8-4-5-9-18(17)25(22,23)20-10-12-24-13-11-20/h1-9,15H,10-14H2/b19-15-. The number of benzene rings is 2. The van der Waals surface area contributed by atoms with Crippen LogP contribution in [0.2, 0.25) is 0 Å². The van der Waals surface area contributed by atoms with Crippen molar-refractivity contribution >= 4 is 16.2 Å². The van der Waals surface area contributed by atoms with Crippen molar-refractivity contribution in [1.29, 1.82) is 0 Å². The van der Waals surface area contributed by atoms with E-state index in [0.717, 1.165) is 10.3 Å². The van der Waals surface area contributed by atoms with E-state index in [0.29, 0.717) is 31.9 Å².